The number of allylic oxidation sites excluding steroid dienone is 6. The summed E-state index contributed by atoms with van der Waals surface area (Å²) in [5, 5.41) is 8.03. The normalized spacial score (nSPS) is 39.8. The number of fused-ring (bicyclic) bond motifs is 5. The van der Waals surface area contributed by atoms with Crippen LogP contribution in [0.15, 0.2) is 61.8 Å². The van der Waals surface area contributed by atoms with Crippen LogP contribution < -0.4 is 0 Å². The molecule has 0 aliphatic heterocycles. The zero-order valence-corrected chi connectivity index (χ0v) is 19.3. The third-order valence-electron chi connectivity index (χ3n) is 8.40. The molecule has 4 rings (SSSR count). The molecule has 3 fully saturated rings. The number of hydrogen-bond acceptors (Lipinski definition) is 1. The molecule has 0 aromatic carbocycles. The van der Waals surface area contributed by atoms with Crippen molar-refractivity contribution in [2.24, 2.45) is 40.9 Å². The maximum Gasteiger partial charge on any atom is 0.0317 e. The van der Waals surface area contributed by atoms with Gasteiger partial charge >= 0.3 is 0 Å². The van der Waals surface area contributed by atoms with E-state index in [4.69, 9.17) is 5.41 Å². The molecule has 0 aromatic heterocycles. The van der Waals surface area contributed by atoms with Crippen molar-refractivity contribution in [1.29, 1.82) is 5.41 Å². The van der Waals surface area contributed by atoms with Gasteiger partial charge in [0.25, 0.3) is 0 Å². The summed E-state index contributed by atoms with van der Waals surface area (Å²) in [6.45, 7) is 24.4. The van der Waals surface area contributed by atoms with Crippen LogP contribution in [0.25, 0.3) is 0 Å². The van der Waals surface area contributed by atoms with E-state index in [2.05, 4.69) is 52.3 Å². The van der Waals surface area contributed by atoms with Gasteiger partial charge in [0, 0.05) is 5.71 Å². The fourth-order valence-electron chi connectivity index (χ4n) is 6.88. The Hall–Kier alpha value is -1.63. The molecule has 0 spiro atoms. The van der Waals surface area contributed by atoms with E-state index < -0.39 is 0 Å². The highest BCUT2D eigenvalue weighted by Gasteiger charge is 2.58. The Balaban J connectivity index is 0.000000449. The topological polar surface area (TPSA) is 23.9 Å². The fraction of sp³-hybridized carbons (Fsp3) is 0.607. The first kappa shape index (κ1) is 23.6. The van der Waals surface area contributed by atoms with Gasteiger partial charge in [0.05, 0.1) is 0 Å². The molecule has 0 bridgehead atoms. The van der Waals surface area contributed by atoms with Crippen molar-refractivity contribution in [1.82, 2.24) is 0 Å². The molecule has 160 valence electrons. The molecular weight excluding hydrogens is 350 g/mol. The quantitative estimate of drug-likeness (QED) is 0.361. The number of hydrogen-bond donors (Lipinski definition) is 1. The lowest BCUT2D eigenvalue weighted by Gasteiger charge is -2.54. The highest BCUT2D eigenvalue weighted by molar-refractivity contribution is 5.94. The number of nitrogens with one attached hydrogen (secondary N) is 1. The molecule has 0 aromatic rings. The zero-order valence-electron chi connectivity index (χ0n) is 19.3. The Kier molecular flexibility index (Phi) is 8.09. The van der Waals surface area contributed by atoms with Crippen molar-refractivity contribution in [3.8, 4) is 0 Å². The van der Waals surface area contributed by atoms with Crippen LogP contribution in [0.3, 0.4) is 0 Å². The van der Waals surface area contributed by atoms with Crippen LogP contribution >= 0.6 is 0 Å². The van der Waals surface area contributed by atoms with Crippen molar-refractivity contribution < 1.29 is 0 Å². The largest absolute Gasteiger partial charge is 0.305 e. The van der Waals surface area contributed by atoms with Crippen molar-refractivity contribution in [3.63, 3.8) is 0 Å². The third kappa shape index (κ3) is 4.16. The van der Waals surface area contributed by atoms with E-state index in [1.807, 2.05) is 13.8 Å². The summed E-state index contributed by atoms with van der Waals surface area (Å²) >= 11 is 0. The molecule has 3 saturated carbocycles. The predicted octanol–water partition coefficient (Wildman–Crippen LogP) is 8.18. The van der Waals surface area contributed by atoms with Gasteiger partial charge in [-0.05, 0) is 91.1 Å². The van der Waals surface area contributed by atoms with Gasteiger partial charge in [0.1, 0.15) is 0 Å². The van der Waals surface area contributed by atoms with E-state index in [0.717, 1.165) is 41.7 Å². The van der Waals surface area contributed by atoms with Crippen molar-refractivity contribution >= 4 is 5.71 Å². The zero-order chi connectivity index (χ0) is 21.8. The summed E-state index contributed by atoms with van der Waals surface area (Å²) < 4.78 is 0. The lowest BCUT2D eigenvalue weighted by atomic mass is 9.50. The first-order valence-corrected chi connectivity index (χ1v) is 11.7. The first-order chi connectivity index (χ1) is 13.9. The second kappa shape index (κ2) is 9.92. The van der Waals surface area contributed by atoms with Gasteiger partial charge in [-0.2, -0.15) is 0 Å². The van der Waals surface area contributed by atoms with Gasteiger partial charge in [0.15, 0.2) is 0 Å². The first-order valence-electron chi connectivity index (χ1n) is 11.7. The molecule has 4 aliphatic carbocycles. The van der Waals surface area contributed by atoms with Crippen LogP contribution in [-0.2, 0) is 0 Å². The average Bonchev–Trinajstić information content (AvgIpc) is 3.01. The van der Waals surface area contributed by atoms with Crippen LogP contribution in [0.1, 0.15) is 66.2 Å². The SMILES string of the molecule is C=CC12CCC3C4CCC(=N)C=C4C(=C)CC3C1CC(C)C2C.C=CC=C.CC. The van der Waals surface area contributed by atoms with Crippen LogP contribution in [0.4, 0.5) is 0 Å². The molecule has 0 saturated heterocycles. The second-order valence-electron chi connectivity index (χ2n) is 9.34. The van der Waals surface area contributed by atoms with Crippen molar-refractivity contribution in [3.05, 3.63) is 61.8 Å². The Morgan fingerprint density at radius 2 is 1.72 bits per heavy atom. The van der Waals surface area contributed by atoms with E-state index in [-0.39, 0.29) is 0 Å². The highest BCUT2D eigenvalue weighted by atomic mass is 14.6. The Labute approximate surface area is 180 Å². The summed E-state index contributed by atoms with van der Waals surface area (Å²) in [4.78, 5) is 0. The van der Waals surface area contributed by atoms with Gasteiger partial charge in [-0.1, -0.05) is 71.2 Å². The molecule has 0 radical (unpaired) electrons. The highest BCUT2D eigenvalue weighted by Crippen LogP contribution is 2.65. The van der Waals surface area contributed by atoms with Gasteiger partial charge in [-0.25, -0.2) is 0 Å². The minimum atomic E-state index is 0.378. The summed E-state index contributed by atoms with van der Waals surface area (Å²) in [7, 11) is 0. The summed E-state index contributed by atoms with van der Waals surface area (Å²) in [5.41, 5.74) is 3.97. The van der Waals surface area contributed by atoms with Gasteiger partial charge in [-0.3, -0.25) is 0 Å². The Morgan fingerprint density at radius 1 is 1.07 bits per heavy atom. The van der Waals surface area contributed by atoms with E-state index >= 15 is 0 Å². The standard InChI is InChI=1S/C22H31N.C4H6.C2H6/c1-5-22-9-8-18-17-7-6-16(23)12-19(17)14(3)10-20(18)21(22)11-13(2)15(22)4;1-3-4-2;1-2/h5,12-13,15,17-18,20-21,23H,1,3,6-11H2,2,4H3;3-4H,1-2H2;1-2H3. The summed E-state index contributed by atoms with van der Waals surface area (Å²) in [6, 6.07) is 0. The third-order valence-corrected chi connectivity index (χ3v) is 8.40. The van der Waals surface area contributed by atoms with E-state index in [1.54, 1.807) is 12.2 Å². The maximum atomic E-state index is 8.03. The minimum Gasteiger partial charge on any atom is -0.305 e. The predicted molar refractivity (Wildman–Crippen MR) is 129 cm³/mol. The number of rotatable bonds is 2. The summed E-state index contributed by atoms with van der Waals surface area (Å²) in [5.74, 6) is 4.72. The van der Waals surface area contributed by atoms with E-state index in [0.29, 0.717) is 11.3 Å². The molecular formula is C28H43N. The van der Waals surface area contributed by atoms with Crippen molar-refractivity contribution in [2.45, 2.75) is 66.2 Å². The molecule has 7 unspecified atom stereocenters. The second-order valence-corrected chi connectivity index (χ2v) is 9.34. The Morgan fingerprint density at radius 3 is 2.31 bits per heavy atom. The van der Waals surface area contributed by atoms with Crippen LogP contribution in [-0.4, -0.2) is 5.71 Å². The molecule has 1 heteroatoms. The molecule has 0 heterocycles. The lowest BCUT2D eigenvalue weighted by molar-refractivity contribution is 0.0104. The van der Waals surface area contributed by atoms with Gasteiger partial charge < -0.3 is 5.41 Å². The molecule has 29 heavy (non-hydrogen) atoms. The minimum absolute atomic E-state index is 0.378. The van der Waals surface area contributed by atoms with Crippen LogP contribution in [0.5, 0.6) is 0 Å². The fourth-order valence-corrected chi connectivity index (χ4v) is 6.88. The van der Waals surface area contributed by atoms with Crippen LogP contribution in [0.2, 0.25) is 0 Å². The van der Waals surface area contributed by atoms with Crippen LogP contribution in [0, 0.1) is 46.3 Å². The average molecular weight is 394 g/mol. The molecule has 4 aliphatic rings. The molecule has 0 amide bonds. The maximum absolute atomic E-state index is 8.03. The summed E-state index contributed by atoms with van der Waals surface area (Å²) in [6.07, 6.45) is 15.2. The molecule has 7 atom stereocenters. The van der Waals surface area contributed by atoms with Crippen molar-refractivity contribution in [2.75, 3.05) is 0 Å². The van der Waals surface area contributed by atoms with Gasteiger partial charge in [-0.15, -0.1) is 6.58 Å². The molecule has 1 N–H and O–H groups in total. The van der Waals surface area contributed by atoms with Gasteiger partial charge in [0.2, 0.25) is 0 Å². The van der Waals surface area contributed by atoms with E-state index in [1.165, 1.54) is 43.3 Å². The smallest absolute Gasteiger partial charge is 0.0317 e. The molecule has 1 nitrogen and oxygen atoms in total. The lowest BCUT2D eigenvalue weighted by Crippen LogP contribution is -2.47. The Bertz CT molecular complexity index is 674. The van der Waals surface area contributed by atoms with E-state index in [9.17, 15) is 0 Å². The monoisotopic (exact) mass is 393 g/mol.